The molecule has 96 valence electrons. The molecule has 0 amide bonds. The highest BCUT2D eigenvalue weighted by Crippen LogP contribution is 2.23. The lowest BCUT2D eigenvalue weighted by Crippen LogP contribution is -2.20. The number of hydrogen-bond donors (Lipinski definition) is 1. The van der Waals surface area contributed by atoms with Crippen LogP contribution in [-0.4, -0.2) is 43.2 Å². The Hall–Kier alpha value is -0.650. The van der Waals surface area contributed by atoms with E-state index in [-0.39, 0.29) is 0 Å². The van der Waals surface area contributed by atoms with E-state index in [0.29, 0.717) is 5.92 Å². The van der Waals surface area contributed by atoms with Crippen LogP contribution in [0.2, 0.25) is 0 Å². The summed E-state index contributed by atoms with van der Waals surface area (Å²) >= 11 is 1.76. The molecule has 1 N–H and O–H groups in total. The van der Waals surface area contributed by atoms with Gasteiger partial charge >= 0.3 is 0 Å². The minimum atomic E-state index is 0.709. The zero-order valence-corrected chi connectivity index (χ0v) is 11.4. The van der Waals surface area contributed by atoms with Crippen molar-refractivity contribution in [2.45, 2.75) is 19.9 Å². The first-order chi connectivity index (χ1) is 8.31. The van der Waals surface area contributed by atoms with Crippen molar-refractivity contribution in [2.24, 2.45) is 5.92 Å². The molecule has 0 bridgehead atoms. The number of anilines is 1. The molecule has 1 unspecified atom stereocenters. The van der Waals surface area contributed by atoms with Gasteiger partial charge in [0.25, 0.3) is 0 Å². The summed E-state index contributed by atoms with van der Waals surface area (Å²) in [6.07, 6.45) is 3.25. The van der Waals surface area contributed by atoms with E-state index in [1.807, 2.05) is 6.20 Å². The normalized spacial score (nSPS) is 20.9. The fourth-order valence-electron chi connectivity index (χ4n) is 2.26. The average Bonchev–Trinajstić information content (AvgIpc) is 2.91. The van der Waals surface area contributed by atoms with E-state index in [4.69, 9.17) is 4.74 Å². The molecule has 1 aromatic rings. The van der Waals surface area contributed by atoms with Gasteiger partial charge in [0.15, 0.2) is 5.13 Å². The zero-order chi connectivity index (χ0) is 12.1. The fraction of sp³-hybridized carbons (Fsp3) is 0.750. The first kappa shape index (κ1) is 12.8. The Morgan fingerprint density at radius 1 is 1.65 bits per heavy atom. The number of likely N-dealkylation sites (tertiary alicyclic amines) is 1. The molecule has 0 radical (unpaired) electrons. The summed E-state index contributed by atoms with van der Waals surface area (Å²) in [7, 11) is 1.79. The molecule has 17 heavy (non-hydrogen) atoms. The van der Waals surface area contributed by atoms with Gasteiger partial charge in [-0.15, -0.1) is 11.3 Å². The summed E-state index contributed by atoms with van der Waals surface area (Å²) in [6, 6.07) is 0. The number of aromatic nitrogens is 1. The van der Waals surface area contributed by atoms with Gasteiger partial charge in [0.1, 0.15) is 0 Å². The van der Waals surface area contributed by atoms with Crippen LogP contribution in [0.3, 0.4) is 0 Å². The lowest BCUT2D eigenvalue weighted by atomic mass is 10.1. The van der Waals surface area contributed by atoms with E-state index in [1.54, 1.807) is 18.4 Å². The highest BCUT2D eigenvalue weighted by Gasteiger charge is 2.22. The Balaban J connectivity index is 1.80. The zero-order valence-electron chi connectivity index (χ0n) is 10.6. The fourth-order valence-corrected chi connectivity index (χ4v) is 3.18. The van der Waals surface area contributed by atoms with Crippen LogP contribution in [0.5, 0.6) is 0 Å². The van der Waals surface area contributed by atoms with E-state index < -0.39 is 0 Å². The Morgan fingerprint density at radius 2 is 2.53 bits per heavy atom. The quantitative estimate of drug-likeness (QED) is 0.844. The first-order valence-electron chi connectivity index (χ1n) is 6.21. The smallest absolute Gasteiger partial charge is 0.182 e. The van der Waals surface area contributed by atoms with Crippen molar-refractivity contribution in [3.8, 4) is 0 Å². The number of ether oxygens (including phenoxy) is 1. The van der Waals surface area contributed by atoms with E-state index >= 15 is 0 Å². The lowest BCUT2D eigenvalue weighted by Gasteiger charge is -2.14. The van der Waals surface area contributed by atoms with E-state index in [1.165, 1.54) is 17.8 Å². The summed E-state index contributed by atoms with van der Waals surface area (Å²) in [5.74, 6) is 0.709. The Labute approximate surface area is 107 Å². The molecule has 4 nitrogen and oxygen atoms in total. The molecule has 1 aliphatic heterocycles. The summed E-state index contributed by atoms with van der Waals surface area (Å²) in [5.41, 5.74) is 0. The minimum absolute atomic E-state index is 0.709. The highest BCUT2D eigenvalue weighted by molar-refractivity contribution is 7.15. The van der Waals surface area contributed by atoms with Crippen LogP contribution in [0.1, 0.15) is 18.2 Å². The average molecular weight is 255 g/mol. The minimum Gasteiger partial charge on any atom is -0.384 e. The first-order valence-corrected chi connectivity index (χ1v) is 7.03. The summed E-state index contributed by atoms with van der Waals surface area (Å²) in [4.78, 5) is 8.20. The number of hydrogen-bond acceptors (Lipinski definition) is 5. The SMILES string of the molecule is CCNc1ncc(CN2CCC(COC)C2)s1. The van der Waals surface area contributed by atoms with Crippen molar-refractivity contribution in [1.29, 1.82) is 0 Å². The van der Waals surface area contributed by atoms with Gasteiger partial charge < -0.3 is 10.1 Å². The standard InChI is InChI=1S/C12H21N3OS/c1-3-13-12-14-6-11(17-12)8-15-5-4-10(7-15)9-16-2/h6,10H,3-5,7-9H2,1-2H3,(H,13,14). The molecule has 2 heterocycles. The topological polar surface area (TPSA) is 37.4 Å². The molecule has 0 spiro atoms. The molecule has 0 aliphatic carbocycles. The van der Waals surface area contributed by atoms with Crippen LogP contribution < -0.4 is 5.32 Å². The van der Waals surface area contributed by atoms with E-state index in [2.05, 4.69) is 22.1 Å². The van der Waals surface area contributed by atoms with Crippen molar-refractivity contribution in [1.82, 2.24) is 9.88 Å². The molecule has 1 fully saturated rings. The molecule has 5 heteroatoms. The molecule has 0 aromatic carbocycles. The Bertz CT molecular complexity index is 342. The van der Waals surface area contributed by atoms with Gasteiger partial charge in [-0.25, -0.2) is 4.98 Å². The maximum atomic E-state index is 5.21. The predicted molar refractivity (Wildman–Crippen MR) is 71.5 cm³/mol. The molecule has 1 atom stereocenters. The van der Waals surface area contributed by atoms with Crippen molar-refractivity contribution < 1.29 is 4.74 Å². The molecular formula is C12H21N3OS. The van der Waals surface area contributed by atoms with Gasteiger partial charge in [-0.05, 0) is 25.8 Å². The third-order valence-electron chi connectivity index (χ3n) is 3.03. The van der Waals surface area contributed by atoms with Crippen LogP contribution in [0.15, 0.2) is 6.20 Å². The van der Waals surface area contributed by atoms with Gasteiger partial charge in [0.05, 0.1) is 6.61 Å². The van der Waals surface area contributed by atoms with Gasteiger partial charge in [0.2, 0.25) is 0 Å². The largest absolute Gasteiger partial charge is 0.384 e. The number of methoxy groups -OCH3 is 1. The third-order valence-corrected chi connectivity index (χ3v) is 3.97. The van der Waals surface area contributed by atoms with Gasteiger partial charge in [0, 0.05) is 37.8 Å². The number of rotatable bonds is 6. The Morgan fingerprint density at radius 3 is 3.29 bits per heavy atom. The van der Waals surface area contributed by atoms with Crippen LogP contribution in [0, 0.1) is 5.92 Å². The molecule has 2 rings (SSSR count). The molecule has 1 aliphatic rings. The van der Waals surface area contributed by atoms with Gasteiger partial charge in [-0.1, -0.05) is 0 Å². The van der Waals surface area contributed by atoms with Crippen LogP contribution in [-0.2, 0) is 11.3 Å². The second kappa shape index (κ2) is 6.33. The van der Waals surface area contributed by atoms with Crippen molar-refractivity contribution in [2.75, 3.05) is 38.7 Å². The van der Waals surface area contributed by atoms with Crippen LogP contribution in [0.4, 0.5) is 5.13 Å². The second-order valence-electron chi connectivity index (χ2n) is 4.51. The monoisotopic (exact) mass is 255 g/mol. The maximum absolute atomic E-state index is 5.21. The molecule has 0 saturated carbocycles. The predicted octanol–water partition coefficient (Wildman–Crippen LogP) is 2.04. The highest BCUT2D eigenvalue weighted by atomic mass is 32.1. The molecule has 1 aromatic heterocycles. The molecular weight excluding hydrogens is 234 g/mol. The third kappa shape index (κ3) is 3.66. The Kier molecular flexibility index (Phi) is 4.76. The van der Waals surface area contributed by atoms with E-state index in [9.17, 15) is 0 Å². The number of nitrogens with one attached hydrogen (secondary N) is 1. The number of thiazole rings is 1. The van der Waals surface area contributed by atoms with Crippen molar-refractivity contribution >= 4 is 16.5 Å². The van der Waals surface area contributed by atoms with Crippen LogP contribution in [0.25, 0.3) is 0 Å². The summed E-state index contributed by atoms with van der Waals surface area (Å²) in [5, 5.41) is 4.29. The van der Waals surface area contributed by atoms with E-state index in [0.717, 1.165) is 31.4 Å². The maximum Gasteiger partial charge on any atom is 0.182 e. The molecule has 1 saturated heterocycles. The van der Waals surface area contributed by atoms with Gasteiger partial charge in [-0.3, -0.25) is 4.90 Å². The van der Waals surface area contributed by atoms with Crippen LogP contribution >= 0.6 is 11.3 Å². The summed E-state index contributed by atoms with van der Waals surface area (Å²) < 4.78 is 5.21. The van der Waals surface area contributed by atoms with Gasteiger partial charge in [-0.2, -0.15) is 0 Å². The van der Waals surface area contributed by atoms with Crippen molar-refractivity contribution in [3.63, 3.8) is 0 Å². The number of nitrogens with zero attached hydrogens (tertiary/aromatic N) is 2. The second-order valence-corrected chi connectivity index (χ2v) is 5.62. The lowest BCUT2D eigenvalue weighted by molar-refractivity contribution is 0.153. The van der Waals surface area contributed by atoms with Crippen molar-refractivity contribution in [3.05, 3.63) is 11.1 Å². The summed E-state index contributed by atoms with van der Waals surface area (Å²) in [6.45, 7) is 7.29.